The van der Waals surface area contributed by atoms with Crippen molar-refractivity contribution in [2.75, 3.05) is 0 Å². The normalized spacial score (nSPS) is 12.1. The lowest BCUT2D eigenvalue weighted by molar-refractivity contribution is 0.219. The van der Waals surface area contributed by atoms with Gasteiger partial charge in [0.15, 0.2) is 5.82 Å². The Morgan fingerprint density at radius 2 is 1.45 bits per heavy atom. The van der Waals surface area contributed by atoms with Gasteiger partial charge >= 0.3 is 0 Å². The highest BCUT2D eigenvalue weighted by molar-refractivity contribution is 6.33. The second kappa shape index (κ2) is 6.44. The zero-order valence-corrected chi connectivity index (χ0v) is 13.0. The van der Waals surface area contributed by atoms with E-state index in [1.807, 2.05) is 18.2 Å². The molecule has 1 N–H and O–H groups in total. The summed E-state index contributed by atoms with van der Waals surface area (Å²) in [6.07, 6.45) is 2.41. The number of hydrogen-bond acceptors (Lipinski definition) is 3. The van der Waals surface area contributed by atoms with Crippen LogP contribution in [0.5, 0.6) is 0 Å². The van der Waals surface area contributed by atoms with Gasteiger partial charge in [-0.25, -0.2) is 9.97 Å². The Balaban J connectivity index is 1.88. The number of hydrogen-bond donors (Lipinski definition) is 1. The lowest BCUT2D eigenvalue weighted by Crippen LogP contribution is -2.02. The zero-order chi connectivity index (χ0) is 15.5. The van der Waals surface area contributed by atoms with Crippen LogP contribution in [0.4, 0.5) is 0 Å². The second-order valence-corrected chi connectivity index (χ2v) is 5.62. The Morgan fingerprint density at radius 3 is 2.09 bits per heavy atom. The minimum absolute atomic E-state index is 0.526. The summed E-state index contributed by atoms with van der Waals surface area (Å²) >= 11 is 12.0. The fourth-order valence-electron chi connectivity index (χ4n) is 2.10. The van der Waals surface area contributed by atoms with Crippen molar-refractivity contribution in [2.24, 2.45) is 0 Å². The van der Waals surface area contributed by atoms with Crippen LogP contribution in [0.2, 0.25) is 10.0 Å². The number of aliphatic hydroxyl groups excluding tert-OH is 1. The minimum Gasteiger partial charge on any atom is -0.384 e. The molecule has 0 radical (unpaired) electrons. The number of halogens is 2. The van der Waals surface area contributed by atoms with E-state index in [-0.39, 0.29) is 0 Å². The Hall–Kier alpha value is -1.94. The van der Waals surface area contributed by atoms with Crippen molar-refractivity contribution in [3.8, 4) is 11.4 Å². The average Bonchev–Trinajstić information content (AvgIpc) is 2.56. The molecule has 110 valence electrons. The average molecular weight is 331 g/mol. The SMILES string of the molecule is OC(c1ccc(Cl)cc1)c1cnc(-c2ccccc2Cl)nc1. The summed E-state index contributed by atoms with van der Waals surface area (Å²) in [6, 6.07) is 14.4. The first-order valence-electron chi connectivity index (χ1n) is 6.65. The zero-order valence-electron chi connectivity index (χ0n) is 11.4. The molecule has 0 bridgehead atoms. The van der Waals surface area contributed by atoms with Crippen LogP contribution in [0, 0.1) is 0 Å². The lowest BCUT2D eigenvalue weighted by Gasteiger charge is -2.11. The smallest absolute Gasteiger partial charge is 0.160 e. The highest BCUT2D eigenvalue weighted by atomic mass is 35.5. The molecule has 22 heavy (non-hydrogen) atoms. The Bertz CT molecular complexity index is 773. The fraction of sp³-hybridized carbons (Fsp3) is 0.0588. The van der Waals surface area contributed by atoms with Gasteiger partial charge in [0, 0.05) is 28.5 Å². The molecule has 1 atom stereocenters. The monoisotopic (exact) mass is 330 g/mol. The van der Waals surface area contributed by atoms with Gasteiger partial charge in [0.1, 0.15) is 6.10 Å². The molecule has 2 aromatic carbocycles. The van der Waals surface area contributed by atoms with Gasteiger partial charge < -0.3 is 5.11 Å². The van der Waals surface area contributed by atoms with E-state index in [0.717, 1.165) is 11.1 Å². The van der Waals surface area contributed by atoms with Crippen LogP contribution in [-0.4, -0.2) is 15.1 Å². The predicted molar refractivity (Wildman–Crippen MR) is 88.0 cm³/mol. The summed E-state index contributed by atoms with van der Waals surface area (Å²) in [5.41, 5.74) is 2.10. The number of aromatic nitrogens is 2. The third-order valence-corrected chi connectivity index (χ3v) is 3.87. The molecule has 3 nitrogen and oxygen atoms in total. The van der Waals surface area contributed by atoms with Crippen LogP contribution >= 0.6 is 23.2 Å². The summed E-state index contributed by atoms with van der Waals surface area (Å²) < 4.78 is 0. The maximum absolute atomic E-state index is 10.3. The van der Waals surface area contributed by atoms with E-state index in [4.69, 9.17) is 23.2 Å². The van der Waals surface area contributed by atoms with Crippen molar-refractivity contribution in [1.82, 2.24) is 9.97 Å². The van der Waals surface area contributed by atoms with Gasteiger partial charge in [-0.1, -0.05) is 47.5 Å². The summed E-state index contributed by atoms with van der Waals surface area (Å²) in [5.74, 6) is 0.526. The summed E-state index contributed by atoms with van der Waals surface area (Å²) in [4.78, 5) is 8.58. The molecule has 3 aromatic rings. The molecule has 1 heterocycles. The number of benzene rings is 2. The molecule has 0 amide bonds. The second-order valence-electron chi connectivity index (χ2n) is 4.77. The Morgan fingerprint density at radius 1 is 0.818 bits per heavy atom. The van der Waals surface area contributed by atoms with E-state index in [1.165, 1.54) is 0 Å². The number of nitrogens with zero attached hydrogens (tertiary/aromatic N) is 2. The van der Waals surface area contributed by atoms with Gasteiger partial charge in [-0.15, -0.1) is 0 Å². The molecule has 5 heteroatoms. The van der Waals surface area contributed by atoms with E-state index in [1.54, 1.807) is 42.7 Å². The number of aliphatic hydroxyl groups is 1. The molecule has 0 aliphatic heterocycles. The van der Waals surface area contributed by atoms with Crippen molar-refractivity contribution in [1.29, 1.82) is 0 Å². The van der Waals surface area contributed by atoms with Crippen LogP contribution in [0.25, 0.3) is 11.4 Å². The van der Waals surface area contributed by atoms with Gasteiger partial charge in [0.05, 0.1) is 5.02 Å². The van der Waals surface area contributed by atoms with Crippen molar-refractivity contribution in [3.63, 3.8) is 0 Å². The van der Waals surface area contributed by atoms with Crippen LogP contribution in [-0.2, 0) is 0 Å². The summed E-state index contributed by atoms with van der Waals surface area (Å²) in [6.45, 7) is 0. The molecular formula is C17H12Cl2N2O. The van der Waals surface area contributed by atoms with Gasteiger partial charge in [-0.3, -0.25) is 0 Å². The predicted octanol–water partition coefficient (Wildman–Crippen LogP) is 4.53. The van der Waals surface area contributed by atoms with Gasteiger partial charge in [0.25, 0.3) is 0 Å². The molecule has 0 saturated carbocycles. The first kappa shape index (κ1) is 15.0. The summed E-state index contributed by atoms with van der Waals surface area (Å²) in [5, 5.41) is 11.6. The largest absolute Gasteiger partial charge is 0.384 e. The van der Waals surface area contributed by atoms with E-state index in [2.05, 4.69) is 9.97 Å². The standard InChI is InChI=1S/C17H12Cl2N2O/c18-13-7-5-11(6-8-13)16(22)12-9-20-17(21-10-12)14-3-1-2-4-15(14)19/h1-10,16,22H. The number of rotatable bonds is 3. The first-order chi connectivity index (χ1) is 10.6. The molecule has 0 aliphatic rings. The fourth-order valence-corrected chi connectivity index (χ4v) is 2.44. The molecule has 0 saturated heterocycles. The van der Waals surface area contributed by atoms with E-state index < -0.39 is 6.10 Å². The van der Waals surface area contributed by atoms with Crippen molar-refractivity contribution >= 4 is 23.2 Å². The van der Waals surface area contributed by atoms with Crippen molar-refractivity contribution in [2.45, 2.75) is 6.10 Å². The molecule has 0 aliphatic carbocycles. The first-order valence-corrected chi connectivity index (χ1v) is 7.41. The summed E-state index contributed by atoms with van der Waals surface area (Å²) in [7, 11) is 0. The molecule has 1 unspecified atom stereocenters. The molecule has 1 aromatic heterocycles. The lowest BCUT2D eigenvalue weighted by atomic mass is 10.0. The van der Waals surface area contributed by atoms with Gasteiger partial charge in [-0.05, 0) is 29.8 Å². The van der Waals surface area contributed by atoms with E-state index >= 15 is 0 Å². The molecule has 0 fully saturated rings. The van der Waals surface area contributed by atoms with Gasteiger partial charge in [-0.2, -0.15) is 0 Å². The maximum Gasteiger partial charge on any atom is 0.160 e. The van der Waals surface area contributed by atoms with Crippen LogP contribution < -0.4 is 0 Å². The highest BCUT2D eigenvalue weighted by Gasteiger charge is 2.12. The van der Waals surface area contributed by atoms with Crippen LogP contribution in [0.15, 0.2) is 60.9 Å². The topological polar surface area (TPSA) is 46.0 Å². The minimum atomic E-state index is -0.794. The van der Waals surface area contributed by atoms with Crippen molar-refractivity contribution < 1.29 is 5.11 Å². The quantitative estimate of drug-likeness (QED) is 0.767. The highest BCUT2D eigenvalue weighted by Crippen LogP contribution is 2.26. The van der Waals surface area contributed by atoms with E-state index in [9.17, 15) is 5.11 Å². The van der Waals surface area contributed by atoms with E-state index in [0.29, 0.717) is 21.4 Å². The third-order valence-electron chi connectivity index (χ3n) is 3.29. The maximum atomic E-state index is 10.3. The van der Waals surface area contributed by atoms with Crippen molar-refractivity contribution in [3.05, 3.63) is 82.1 Å². The molecule has 0 spiro atoms. The molecule has 3 rings (SSSR count). The van der Waals surface area contributed by atoms with Crippen LogP contribution in [0.1, 0.15) is 17.2 Å². The van der Waals surface area contributed by atoms with Gasteiger partial charge in [0.2, 0.25) is 0 Å². The van der Waals surface area contributed by atoms with Crippen LogP contribution in [0.3, 0.4) is 0 Å². The Labute approximate surface area is 138 Å². The third kappa shape index (κ3) is 3.12. The Kier molecular flexibility index (Phi) is 4.39. The molecular weight excluding hydrogens is 319 g/mol.